The summed E-state index contributed by atoms with van der Waals surface area (Å²) in [6.45, 7) is 0. The Morgan fingerprint density at radius 3 is 3.00 bits per heavy atom. The summed E-state index contributed by atoms with van der Waals surface area (Å²) < 4.78 is 0. The Labute approximate surface area is 78.9 Å². The molecule has 12 heavy (non-hydrogen) atoms. The van der Waals surface area contributed by atoms with Crippen LogP contribution >= 0.6 is 11.8 Å². The summed E-state index contributed by atoms with van der Waals surface area (Å²) in [5, 5.41) is 1.03. The highest BCUT2D eigenvalue weighted by molar-refractivity contribution is 7.99. The van der Waals surface area contributed by atoms with Gasteiger partial charge in [0, 0.05) is 17.3 Å². The minimum absolute atomic E-state index is 0.983. The summed E-state index contributed by atoms with van der Waals surface area (Å²) >= 11 is 2.25. The van der Waals surface area contributed by atoms with Crippen molar-refractivity contribution in [2.45, 2.75) is 43.0 Å². The maximum Gasteiger partial charge on any atom is 0.0262 e. The first-order valence-corrected chi connectivity index (χ1v) is 6.24. The van der Waals surface area contributed by atoms with Gasteiger partial charge in [-0.25, -0.2) is 0 Å². The van der Waals surface area contributed by atoms with E-state index in [1.54, 1.807) is 0 Å². The van der Waals surface area contributed by atoms with Crippen molar-refractivity contribution in [3.63, 3.8) is 0 Å². The zero-order valence-corrected chi connectivity index (χ0v) is 8.52. The van der Waals surface area contributed by atoms with Crippen LogP contribution in [0.1, 0.15) is 25.7 Å². The van der Waals surface area contributed by atoms with Crippen molar-refractivity contribution in [1.29, 1.82) is 0 Å². The van der Waals surface area contributed by atoms with Crippen LogP contribution < -0.4 is 0 Å². The number of likely N-dealkylation sites (N-methyl/N-ethyl adjacent to an activating group) is 1. The molecule has 68 valence electrons. The second kappa shape index (κ2) is 2.65. The van der Waals surface area contributed by atoms with Gasteiger partial charge in [0.25, 0.3) is 0 Å². The monoisotopic (exact) mass is 183 g/mol. The molecule has 0 N–H and O–H groups in total. The van der Waals surface area contributed by atoms with Gasteiger partial charge in [-0.3, -0.25) is 4.90 Å². The van der Waals surface area contributed by atoms with Gasteiger partial charge in [-0.1, -0.05) is 0 Å². The Hall–Kier alpha value is 0.310. The van der Waals surface area contributed by atoms with Crippen molar-refractivity contribution in [2.24, 2.45) is 5.92 Å². The highest BCUT2D eigenvalue weighted by Gasteiger charge is 2.51. The Morgan fingerprint density at radius 1 is 1.25 bits per heavy atom. The van der Waals surface area contributed by atoms with Crippen LogP contribution in [0.25, 0.3) is 0 Å². The second-order valence-electron chi connectivity index (χ2n) is 4.58. The van der Waals surface area contributed by atoms with E-state index in [-0.39, 0.29) is 0 Å². The Bertz CT molecular complexity index is 174. The predicted molar refractivity (Wildman–Crippen MR) is 53.5 cm³/mol. The standard InChI is InChI=1S/C10H17NS/c1-11-8-5-7-3-2-4-12-10(7)6-9(8)11/h7-10H,2-6H2,1H3. The van der Waals surface area contributed by atoms with Crippen LogP contribution in [0.15, 0.2) is 0 Å². The molecule has 2 aliphatic heterocycles. The highest BCUT2D eigenvalue weighted by atomic mass is 32.2. The molecular weight excluding hydrogens is 166 g/mol. The molecule has 1 nitrogen and oxygen atoms in total. The number of hydrogen-bond donors (Lipinski definition) is 0. The first kappa shape index (κ1) is 7.69. The predicted octanol–water partition coefficient (Wildman–Crippen LogP) is 1.97. The number of likely N-dealkylation sites (tertiary alicyclic amines) is 1. The third kappa shape index (κ3) is 1.04. The lowest BCUT2D eigenvalue weighted by atomic mass is 9.85. The fourth-order valence-corrected chi connectivity index (χ4v) is 4.59. The van der Waals surface area contributed by atoms with Gasteiger partial charge >= 0.3 is 0 Å². The van der Waals surface area contributed by atoms with E-state index < -0.39 is 0 Å². The molecule has 3 fully saturated rings. The van der Waals surface area contributed by atoms with Gasteiger partial charge < -0.3 is 0 Å². The van der Waals surface area contributed by atoms with E-state index in [9.17, 15) is 0 Å². The molecule has 0 aromatic carbocycles. The Morgan fingerprint density at radius 2 is 2.08 bits per heavy atom. The van der Waals surface area contributed by atoms with Gasteiger partial charge in [0.05, 0.1) is 0 Å². The van der Waals surface area contributed by atoms with Crippen LogP contribution in [0.4, 0.5) is 0 Å². The van der Waals surface area contributed by atoms with Crippen LogP contribution in [0.5, 0.6) is 0 Å². The van der Waals surface area contributed by atoms with Gasteiger partial charge in [0.15, 0.2) is 0 Å². The third-order valence-electron chi connectivity index (χ3n) is 4.00. The molecule has 1 aliphatic carbocycles. The minimum atomic E-state index is 0.983. The van der Waals surface area contributed by atoms with Gasteiger partial charge in [0.2, 0.25) is 0 Å². The summed E-state index contributed by atoms with van der Waals surface area (Å²) in [5.74, 6) is 2.51. The summed E-state index contributed by atoms with van der Waals surface area (Å²) in [4.78, 5) is 2.58. The van der Waals surface area contributed by atoms with Crippen LogP contribution in [-0.4, -0.2) is 35.0 Å². The molecule has 0 radical (unpaired) electrons. The van der Waals surface area contributed by atoms with Gasteiger partial charge in [-0.15, -0.1) is 0 Å². The molecule has 0 spiro atoms. The number of thioether (sulfide) groups is 1. The van der Waals surface area contributed by atoms with Crippen LogP contribution in [0.3, 0.4) is 0 Å². The van der Waals surface area contributed by atoms with E-state index in [0.717, 1.165) is 23.3 Å². The summed E-state index contributed by atoms with van der Waals surface area (Å²) in [5.41, 5.74) is 0. The average molecular weight is 183 g/mol. The van der Waals surface area contributed by atoms with Gasteiger partial charge in [0.1, 0.15) is 0 Å². The normalized spacial score (nSPS) is 57.2. The van der Waals surface area contributed by atoms with E-state index in [4.69, 9.17) is 0 Å². The molecule has 3 rings (SSSR count). The van der Waals surface area contributed by atoms with Crippen molar-refractivity contribution >= 4 is 11.8 Å². The first-order chi connectivity index (χ1) is 5.86. The molecule has 2 saturated heterocycles. The number of nitrogens with zero attached hydrogens (tertiary/aromatic N) is 1. The lowest BCUT2D eigenvalue weighted by molar-refractivity contribution is 0.371. The summed E-state index contributed by atoms with van der Waals surface area (Å²) in [6.07, 6.45) is 6.01. The number of rotatable bonds is 0. The average Bonchev–Trinajstić information content (AvgIpc) is 2.74. The molecular formula is C10H17NS. The smallest absolute Gasteiger partial charge is 0.0262 e. The molecule has 0 amide bonds. The largest absolute Gasteiger partial charge is 0.297 e. The topological polar surface area (TPSA) is 3.01 Å². The van der Waals surface area contributed by atoms with Crippen molar-refractivity contribution in [2.75, 3.05) is 12.8 Å². The maximum absolute atomic E-state index is 2.58. The van der Waals surface area contributed by atoms with E-state index >= 15 is 0 Å². The summed E-state index contributed by atoms with van der Waals surface area (Å²) in [7, 11) is 2.30. The number of fused-ring (bicyclic) bond motifs is 2. The molecule has 5 unspecified atom stereocenters. The minimum Gasteiger partial charge on any atom is -0.297 e. The highest BCUT2D eigenvalue weighted by Crippen LogP contribution is 2.48. The Kier molecular flexibility index (Phi) is 1.70. The first-order valence-electron chi connectivity index (χ1n) is 5.20. The molecule has 0 aromatic rings. The lowest BCUT2D eigenvalue weighted by Gasteiger charge is -2.33. The second-order valence-corrected chi connectivity index (χ2v) is 5.93. The summed E-state index contributed by atoms with van der Waals surface area (Å²) in [6, 6.07) is 1.97. The van der Waals surface area contributed by atoms with Gasteiger partial charge in [-0.2, -0.15) is 11.8 Å². The van der Waals surface area contributed by atoms with Crippen LogP contribution in [0.2, 0.25) is 0 Å². The lowest BCUT2D eigenvalue weighted by Crippen LogP contribution is -2.29. The molecule has 2 heteroatoms. The molecule has 3 aliphatic rings. The van der Waals surface area contributed by atoms with E-state index in [2.05, 4.69) is 23.7 Å². The van der Waals surface area contributed by atoms with E-state index in [1.165, 1.54) is 31.4 Å². The van der Waals surface area contributed by atoms with Crippen molar-refractivity contribution in [1.82, 2.24) is 4.90 Å². The maximum atomic E-state index is 2.58. The molecule has 1 saturated carbocycles. The van der Waals surface area contributed by atoms with E-state index in [0.29, 0.717) is 0 Å². The third-order valence-corrected chi connectivity index (χ3v) is 5.53. The van der Waals surface area contributed by atoms with E-state index in [1.807, 2.05) is 0 Å². The quantitative estimate of drug-likeness (QED) is 0.528. The zero-order valence-electron chi connectivity index (χ0n) is 7.70. The van der Waals surface area contributed by atoms with Gasteiger partial charge in [-0.05, 0) is 44.4 Å². The zero-order chi connectivity index (χ0) is 8.13. The fourth-order valence-electron chi connectivity index (χ4n) is 3.10. The SMILES string of the molecule is CN1C2CC3CCCSC3CC21. The fraction of sp³-hybridized carbons (Fsp3) is 1.00. The van der Waals surface area contributed by atoms with Crippen molar-refractivity contribution < 1.29 is 0 Å². The Balaban J connectivity index is 1.72. The number of hydrogen-bond acceptors (Lipinski definition) is 2. The van der Waals surface area contributed by atoms with Crippen LogP contribution in [-0.2, 0) is 0 Å². The molecule has 0 bridgehead atoms. The molecule has 2 heterocycles. The van der Waals surface area contributed by atoms with Crippen LogP contribution in [0, 0.1) is 5.92 Å². The van der Waals surface area contributed by atoms with Crippen molar-refractivity contribution in [3.8, 4) is 0 Å². The molecule has 5 atom stereocenters. The van der Waals surface area contributed by atoms with Crippen molar-refractivity contribution in [3.05, 3.63) is 0 Å². The molecule has 0 aromatic heterocycles.